The number of allylic oxidation sites excluding steroid dienone is 4. The summed E-state index contributed by atoms with van der Waals surface area (Å²) in [6.07, 6.45) is 5.50. The maximum atomic E-state index is 2.18. The molecule has 0 unspecified atom stereocenters. The first-order valence-corrected chi connectivity index (χ1v) is 2.72. The molecule has 0 saturated heterocycles. The van der Waals surface area contributed by atoms with Crippen LogP contribution >= 0.6 is 0 Å². The predicted octanol–water partition coefficient (Wildman–Crippen LogP) is 2.28. The van der Waals surface area contributed by atoms with E-state index in [0.717, 1.165) is 0 Å². The summed E-state index contributed by atoms with van der Waals surface area (Å²) in [5.41, 5.74) is 2.97. The molecule has 0 heterocycles. The van der Waals surface area contributed by atoms with Crippen LogP contribution in [-0.4, -0.2) is 0 Å². The summed E-state index contributed by atoms with van der Waals surface area (Å²) in [6.45, 7) is 4.36. The van der Waals surface area contributed by atoms with Crippen molar-refractivity contribution in [1.82, 2.24) is 0 Å². The van der Waals surface area contributed by atoms with E-state index in [1.54, 1.807) is 0 Å². The summed E-state index contributed by atoms with van der Waals surface area (Å²) in [4.78, 5) is 0. The number of rotatable bonds is 1. The van der Waals surface area contributed by atoms with Crippen LogP contribution in [0.3, 0.4) is 0 Å². The summed E-state index contributed by atoms with van der Waals surface area (Å²) in [6, 6.07) is 0. The van der Waals surface area contributed by atoms with Gasteiger partial charge in [0.1, 0.15) is 0 Å². The van der Waals surface area contributed by atoms with E-state index in [1.807, 2.05) is 0 Å². The van der Waals surface area contributed by atoms with E-state index in [9.17, 15) is 0 Å². The molecule has 38 valence electrons. The highest BCUT2D eigenvalue weighted by atomic mass is 14.1. The first kappa shape index (κ1) is 4.63. The van der Waals surface area contributed by atoms with E-state index in [0.29, 0.717) is 0 Å². The van der Waals surface area contributed by atoms with E-state index in [2.05, 4.69) is 26.0 Å². The van der Waals surface area contributed by atoms with Crippen LogP contribution in [0, 0.1) is 0 Å². The zero-order valence-corrected chi connectivity index (χ0v) is 4.86. The second kappa shape index (κ2) is 1.53. The zero-order valence-electron chi connectivity index (χ0n) is 4.86. The Hall–Kier alpha value is -0.520. The van der Waals surface area contributed by atoms with Crippen molar-refractivity contribution >= 4 is 0 Å². The van der Waals surface area contributed by atoms with Gasteiger partial charge in [0, 0.05) is 0 Å². The summed E-state index contributed by atoms with van der Waals surface area (Å²) in [5, 5.41) is 0. The predicted molar refractivity (Wildman–Crippen MR) is 32.1 cm³/mol. The van der Waals surface area contributed by atoms with Gasteiger partial charge in [-0.1, -0.05) is 24.6 Å². The molecule has 0 nitrogen and oxygen atoms in total. The van der Waals surface area contributed by atoms with Crippen LogP contribution in [0.1, 0.15) is 20.3 Å². The van der Waals surface area contributed by atoms with Crippen LogP contribution in [0.5, 0.6) is 0 Å². The molecule has 1 aliphatic rings. The molecule has 7 heavy (non-hydrogen) atoms. The second-order valence-corrected chi connectivity index (χ2v) is 1.92. The maximum Gasteiger partial charge on any atom is -0.0267 e. The highest BCUT2D eigenvalue weighted by Crippen LogP contribution is 2.20. The Kier molecular flexibility index (Phi) is 1.01. The maximum absolute atomic E-state index is 2.18. The Bertz CT molecular complexity index is 119. The van der Waals surface area contributed by atoms with Gasteiger partial charge in [0.15, 0.2) is 0 Å². The molecule has 0 saturated carbocycles. The van der Waals surface area contributed by atoms with Crippen molar-refractivity contribution in [3.63, 3.8) is 0 Å². The molecule has 1 aliphatic carbocycles. The Labute approximate surface area is 44.5 Å². The molecule has 1 rings (SSSR count). The summed E-state index contributed by atoms with van der Waals surface area (Å²) < 4.78 is 0. The summed E-state index contributed by atoms with van der Waals surface area (Å²) in [7, 11) is 0. The van der Waals surface area contributed by atoms with E-state index >= 15 is 0 Å². The van der Waals surface area contributed by atoms with Crippen LogP contribution in [0.25, 0.3) is 0 Å². The highest BCUT2D eigenvalue weighted by molar-refractivity contribution is 5.49. The lowest BCUT2D eigenvalue weighted by molar-refractivity contribution is 1.09. The van der Waals surface area contributed by atoms with E-state index in [-0.39, 0.29) is 0 Å². The number of hydrogen-bond acceptors (Lipinski definition) is 0. The van der Waals surface area contributed by atoms with Crippen molar-refractivity contribution in [2.45, 2.75) is 20.3 Å². The second-order valence-electron chi connectivity index (χ2n) is 1.92. The summed E-state index contributed by atoms with van der Waals surface area (Å²) in [5.74, 6) is 0. The lowest BCUT2D eigenvalue weighted by atomic mass is 10.2. The molecule has 0 fully saturated rings. The largest absolute Gasteiger partial charge is 0.0664 e. The molecule has 0 aromatic rings. The van der Waals surface area contributed by atoms with E-state index in [1.165, 1.54) is 17.6 Å². The van der Waals surface area contributed by atoms with Crippen LogP contribution in [0.15, 0.2) is 23.3 Å². The van der Waals surface area contributed by atoms with Gasteiger partial charge in [0.05, 0.1) is 0 Å². The fourth-order valence-electron chi connectivity index (χ4n) is 0.530. The molecule has 0 amide bonds. The molecule has 0 aromatic heterocycles. The monoisotopic (exact) mass is 94.1 g/mol. The minimum atomic E-state index is 1.20. The van der Waals surface area contributed by atoms with Gasteiger partial charge in [-0.3, -0.25) is 0 Å². The normalized spacial score (nSPS) is 14.9. The van der Waals surface area contributed by atoms with Crippen molar-refractivity contribution in [2.75, 3.05) is 0 Å². The Morgan fingerprint density at radius 3 is 2.29 bits per heavy atom. The first-order chi connectivity index (χ1) is 3.34. The Balaban J connectivity index is 2.52. The lowest BCUT2D eigenvalue weighted by Crippen LogP contribution is -1.67. The standard InChI is InChI=1S/C7H10/c1-3-6(2)7-4-5-7/h4-5H,3H2,1-2H3. The van der Waals surface area contributed by atoms with Crippen LogP contribution < -0.4 is 0 Å². The molecule has 0 radical (unpaired) electrons. The SMILES string of the molecule is CCC(C)=C1C=C1. The van der Waals surface area contributed by atoms with Crippen molar-refractivity contribution in [1.29, 1.82) is 0 Å². The average Bonchev–Trinajstić information content (AvgIpc) is 2.44. The Morgan fingerprint density at radius 2 is 2.14 bits per heavy atom. The van der Waals surface area contributed by atoms with Gasteiger partial charge in [-0.15, -0.1) is 0 Å². The van der Waals surface area contributed by atoms with Crippen molar-refractivity contribution in [3.8, 4) is 0 Å². The van der Waals surface area contributed by atoms with Gasteiger partial charge in [-0.2, -0.15) is 0 Å². The van der Waals surface area contributed by atoms with Gasteiger partial charge in [0.2, 0.25) is 0 Å². The van der Waals surface area contributed by atoms with Crippen molar-refractivity contribution < 1.29 is 0 Å². The van der Waals surface area contributed by atoms with E-state index < -0.39 is 0 Å². The molecule has 0 spiro atoms. The molecular weight excluding hydrogens is 84.1 g/mol. The third-order valence-electron chi connectivity index (χ3n) is 1.36. The Morgan fingerprint density at radius 1 is 1.57 bits per heavy atom. The topological polar surface area (TPSA) is 0 Å². The van der Waals surface area contributed by atoms with Gasteiger partial charge < -0.3 is 0 Å². The zero-order chi connectivity index (χ0) is 5.28. The lowest BCUT2D eigenvalue weighted by Gasteiger charge is -1.87. The molecule has 0 N–H and O–H groups in total. The minimum absolute atomic E-state index is 1.20. The molecule has 0 bridgehead atoms. The van der Waals surface area contributed by atoms with Crippen LogP contribution in [0.4, 0.5) is 0 Å². The van der Waals surface area contributed by atoms with E-state index in [4.69, 9.17) is 0 Å². The number of hydrogen-bond donors (Lipinski definition) is 0. The third-order valence-corrected chi connectivity index (χ3v) is 1.36. The molecular formula is C7H10. The van der Waals surface area contributed by atoms with Crippen LogP contribution in [-0.2, 0) is 0 Å². The van der Waals surface area contributed by atoms with Gasteiger partial charge in [0.25, 0.3) is 0 Å². The van der Waals surface area contributed by atoms with Crippen molar-refractivity contribution in [2.24, 2.45) is 0 Å². The van der Waals surface area contributed by atoms with Crippen molar-refractivity contribution in [3.05, 3.63) is 23.3 Å². The molecule has 0 heteroatoms. The summed E-state index contributed by atoms with van der Waals surface area (Å²) >= 11 is 0. The van der Waals surface area contributed by atoms with Gasteiger partial charge in [-0.05, 0) is 18.9 Å². The average molecular weight is 94.2 g/mol. The third kappa shape index (κ3) is 0.923. The molecule has 0 aliphatic heterocycles. The molecule has 0 atom stereocenters. The highest BCUT2D eigenvalue weighted by Gasteiger charge is 2.00. The smallest absolute Gasteiger partial charge is 0.0267 e. The molecule has 0 aromatic carbocycles. The van der Waals surface area contributed by atoms with Crippen LogP contribution in [0.2, 0.25) is 0 Å². The van der Waals surface area contributed by atoms with Gasteiger partial charge in [-0.25, -0.2) is 0 Å². The quantitative estimate of drug-likeness (QED) is 0.467. The first-order valence-electron chi connectivity index (χ1n) is 2.72. The fraction of sp³-hybridized carbons (Fsp3) is 0.429. The minimum Gasteiger partial charge on any atom is -0.0664 e. The fourth-order valence-corrected chi connectivity index (χ4v) is 0.530. The van der Waals surface area contributed by atoms with Gasteiger partial charge >= 0.3 is 0 Å².